The topological polar surface area (TPSA) is 50.4 Å². The Morgan fingerprint density at radius 2 is 2.17 bits per heavy atom. The molecular formula is C13H19ClN2O2. The highest BCUT2D eigenvalue weighted by molar-refractivity contribution is 6.32. The summed E-state index contributed by atoms with van der Waals surface area (Å²) in [5.74, 6) is 0.641. The van der Waals surface area contributed by atoms with Crippen LogP contribution in [0.15, 0.2) is 18.2 Å². The van der Waals surface area contributed by atoms with Gasteiger partial charge in [0.15, 0.2) is 0 Å². The lowest BCUT2D eigenvalue weighted by molar-refractivity contribution is 0.234. The molecule has 5 heteroatoms. The Bertz CT molecular complexity index is 408. The molecule has 1 aromatic rings. The van der Waals surface area contributed by atoms with Crippen LogP contribution < -0.4 is 15.4 Å². The standard InChI is InChI=1S/C13H19ClN2O2/c1-9(2)16-13(17)15-6-7-18-12-8-10(3)4-5-11(12)14/h4-5,8-9H,6-7H2,1-3H3,(H2,15,16,17). The average Bonchev–Trinajstić information content (AvgIpc) is 2.28. The molecule has 4 nitrogen and oxygen atoms in total. The van der Waals surface area contributed by atoms with E-state index in [0.717, 1.165) is 5.56 Å². The largest absolute Gasteiger partial charge is 0.490 e. The molecule has 1 rings (SSSR count). The summed E-state index contributed by atoms with van der Waals surface area (Å²) >= 11 is 5.98. The van der Waals surface area contributed by atoms with Gasteiger partial charge in [0.05, 0.1) is 11.6 Å². The van der Waals surface area contributed by atoms with Gasteiger partial charge in [-0.05, 0) is 38.5 Å². The van der Waals surface area contributed by atoms with Gasteiger partial charge in [0.1, 0.15) is 12.4 Å². The van der Waals surface area contributed by atoms with Crippen LogP contribution in [0.3, 0.4) is 0 Å². The maximum absolute atomic E-state index is 11.3. The molecule has 0 saturated carbocycles. The quantitative estimate of drug-likeness (QED) is 0.809. The third kappa shape index (κ3) is 5.27. The molecule has 0 aliphatic heterocycles. The van der Waals surface area contributed by atoms with E-state index in [-0.39, 0.29) is 12.1 Å². The molecule has 0 aliphatic carbocycles. The van der Waals surface area contributed by atoms with Crippen molar-refractivity contribution in [1.82, 2.24) is 10.6 Å². The van der Waals surface area contributed by atoms with Crippen LogP contribution in [0.25, 0.3) is 0 Å². The van der Waals surface area contributed by atoms with Crippen molar-refractivity contribution in [2.75, 3.05) is 13.2 Å². The Kier molecular flexibility index (Phi) is 5.78. The Balaban J connectivity index is 2.29. The Hall–Kier alpha value is -1.42. The van der Waals surface area contributed by atoms with Gasteiger partial charge in [-0.3, -0.25) is 0 Å². The van der Waals surface area contributed by atoms with Crippen LogP contribution in [0, 0.1) is 6.92 Å². The molecule has 0 aromatic heterocycles. The third-order valence-corrected chi connectivity index (χ3v) is 2.46. The van der Waals surface area contributed by atoms with Crippen molar-refractivity contribution in [3.8, 4) is 5.75 Å². The zero-order valence-electron chi connectivity index (χ0n) is 10.9. The number of urea groups is 1. The molecule has 2 amide bonds. The average molecular weight is 271 g/mol. The number of carbonyl (C=O) groups excluding carboxylic acids is 1. The van der Waals surface area contributed by atoms with Gasteiger partial charge in [-0.15, -0.1) is 0 Å². The maximum Gasteiger partial charge on any atom is 0.315 e. The molecule has 0 fully saturated rings. The molecule has 0 heterocycles. The summed E-state index contributed by atoms with van der Waals surface area (Å²) in [5.41, 5.74) is 1.08. The molecular weight excluding hydrogens is 252 g/mol. The van der Waals surface area contributed by atoms with E-state index in [1.54, 1.807) is 6.07 Å². The molecule has 18 heavy (non-hydrogen) atoms. The second-order valence-electron chi connectivity index (χ2n) is 4.34. The van der Waals surface area contributed by atoms with Gasteiger partial charge < -0.3 is 15.4 Å². The minimum absolute atomic E-state index is 0.122. The van der Waals surface area contributed by atoms with Crippen molar-refractivity contribution >= 4 is 17.6 Å². The number of hydrogen-bond donors (Lipinski definition) is 2. The molecule has 0 radical (unpaired) electrons. The first-order chi connectivity index (χ1) is 8.49. The SMILES string of the molecule is Cc1ccc(Cl)c(OCCNC(=O)NC(C)C)c1. The Labute approximate surface area is 113 Å². The lowest BCUT2D eigenvalue weighted by Crippen LogP contribution is -2.41. The number of halogens is 1. The van der Waals surface area contributed by atoms with Crippen molar-refractivity contribution in [2.45, 2.75) is 26.8 Å². The van der Waals surface area contributed by atoms with E-state index in [4.69, 9.17) is 16.3 Å². The van der Waals surface area contributed by atoms with Crippen LogP contribution in [0.4, 0.5) is 4.79 Å². The third-order valence-electron chi connectivity index (χ3n) is 2.15. The van der Waals surface area contributed by atoms with E-state index in [2.05, 4.69) is 10.6 Å². The Morgan fingerprint density at radius 1 is 1.44 bits per heavy atom. The van der Waals surface area contributed by atoms with Gasteiger partial charge in [-0.2, -0.15) is 0 Å². The summed E-state index contributed by atoms with van der Waals surface area (Å²) in [6.07, 6.45) is 0. The summed E-state index contributed by atoms with van der Waals surface area (Å²) in [5, 5.41) is 6.01. The van der Waals surface area contributed by atoms with Gasteiger partial charge in [-0.25, -0.2) is 4.79 Å². The van der Waals surface area contributed by atoms with E-state index < -0.39 is 0 Å². The second-order valence-corrected chi connectivity index (χ2v) is 4.74. The summed E-state index contributed by atoms with van der Waals surface area (Å²) in [6, 6.07) is 5.52. The number of ether oxygens (including phenoxy) is 1. The van der Waals surface area contributed by atoms with E-state index in [1.165, 1.54) is 0 Å². The minimum atomic E-state index is -0.191. The van der Waals surface area contributed by atoms with E-state index in [9.17, 15) is 4.79 Å². The summed E-state index contributed by atoms with van der Waals surface area (Å²) in [4.78, 5) is 11.3. The molecule has 0 spiro atoms. The van der Waals surface area contributed by atoms with Crippen molar-refractivity contribution in [2.24, 2.45) is 0 Å². The molecule has 0 bridgehead atoms. The van der Waals surface area contributed by atoms with Gasteiger partial charge in [-0.1, -0.05) is 17.7 Å². The van der Waals surface area contributed by atoms with Crippen LogP contribution in [0.1, 0.15) is 19.4 Å². The smallest absolute Gasteiger partial charge is 0.315 e. The fourth-order valence-electron chi connectivity index (χ4n) is 1.36. The number of aryl methyl sites for hydroxylation is 1. The van der Waals surface area contributed by atoms with E-state index in [1.807, 2.05) is 32.9 Å². The van der Waals surface area contributed by atoms with Gasteiger partial charge in [0.25, 0.3) is 0 Å². The fraction of sp³-hybridized carbons (Fsp3) is 0.462. The van der Waals surface area contributed by atoms with Crippen molar-refractivity contribution in [3.05, 3.63) is 28.8 Å². The first-order valence-electron chi connectivity index (χ1n) is 5.92. The van der Waals surface area contributed by atoms with Crippen LogP contribution >= 0.6 is 11.6 Å². The van der Waals surface area contributed by atoms with Crippen molar-refractivity contribution in [1.29, 1.82) is 0 Å². The lowest BCUT2D eigenvalue weighted by Gasteiger charge is -2.11. The van der Waals surface area contributed by atoms with Gasteiger partial charge in [0, 0.05) is 6.04 Å². The molecule has 0 unspecified atom stereocenters. The summed E-state index contributed by atoms with van der Waals surface area (Å²) in [6.45, 7) is 6.60. The molecule has 0 saturated heterocycles. The first-order valence-corrected chi connectivity index (χ1v) is 6.30. The van der Waals surface area contributed by atoms with Gasteiger partial charge >= 0.3 is 6.03 Å². The summed E-state index contributed by atoms with van der Waals surface area (Å²) < 4.78 is 5.50. The number of amides is 2. The van der Waals surface area contributed by atoms with Crippen LogP contribution in [0.5, 0.6) is 5.75 Å². The number of carbonyl (C=O) groups is 1. The number of hydrogen-bond acceptors (Lipinski definition) is 2. The molecule has 0 aliphatic rings. The van der Waals surface area contributed by atoms with E-state index in [0.29, 0.717) is 23.9 Å². The molecule has 2 N–H and O–H groups in total. The van der Waals surface area contributed by atoms with Crippen LogP contribution in [-0.4, -0.2) is 25.2 Å². The fourth-order valence-corrected chi connectivity index (χ4v) is 1.53. The molecule has 100 valence electrons. The zero-order valence-corrected chi connectivity index (χ0v) is 11.7. The van der Waals surface area contributed by atoms with Crippen LogP contribution in [-0.2, 0) is 0 Å². The highest BCUT2D eigenvalue weighted by Crippen LogP contribution is 2.24. The summed E-state index contributed by atoms with van der Waals surface area (Å²) in [7, 11) is 0. The molecule has 1 aromatic carbocycles. The number of rotatable bonds is 5. The molecule has 0 atom stereocenters. The normalized spacial score (nSPS) is 10.3. The van der Waals surface area contributed by atoms with Crippen LogP contribution in [0.2, 0.25) is 5.02 Å². The Morgan fingerprint density at radius 3 is 2.83 bits per heavy atom. The van der Waals surface area contributed by atoms with Gasteiger partial charge in [0.2, 0.25) is 0 Å². The predicted molar refractivity (Wildman–Crippen MR) is 73.4 cm³/mol. The monoisotopic (exact) mass is 270 g/mol. The highest BCUT2D eigenvalue weighted by atomic mass is 35.5. The second kappa shape index (κ2) is 7.11. The van der Waals surface area contributed by atoms with Crippen molar-refractivity contribution < 1.29 is 9.53 Å². The minimum Gasteiger partial charge on any atom is -0.490 e. The van der Waals surface area contributed by atoms with E-state index >= 15 is 0 Å². The lowest BCUT2D eigenvalue weighted by atomic mass is 10.2. The van der Waals surface area contributed by atoms with Crippen molar-refractivity contribution in [3.63, 3.8) is 0 Å². The highest BCUT2D eigenvalue weighted by Gasteiger charge is 2.03. The first kappa shape index (κ1) is 14.6. The zero-order chi connectivity index (χ0) is 13.5. The maximum atomic E-state index is 11.3. The predicted octanol–water partition coefficient (Wildman–Crippen LogP) is 2.73. The number of nitrogens with one attached hydrogen (secondary N) is 2. The number of benzene rings is 1.